The minimum absolute atomic E-state index is 0.0732. The standard InChI is InChI=1S/C14H15ClF2O2S/c1-2-3-4-5-6-13(18)20-12-7-9(14(15)19)10(16)8-11(12)17/h7-8H,2-6H2,1H3. The molecule has 0 saturated heterocycles. The van der Waals surface area contributed by atoms with Gasteiger partial charge in [0, 0.05) is 12.5 Å². The van der Waals surface area contributed by atoms with E-state index in [1.165, 1.54) is 0 Å². The molecule has 0 aromatic heterocycles. The Hall–Kier alpha value is -0.940. The molecule has 0 heterocycles. The van der Waals surface area contributed by atoms with E-state index < -0.39 is 22.4 Å². The molecule has 0 aliphatic carbocycles. The molecular weight excluding hydrogens is 306 g/mol. The topological polar surface area (TPSA) is 34.1 Å². The maximum absolute atomic E-state index is 13.5. The van der Waals surface area contributed by atoms with E-state index in [0.29, 0.717) is 24.2 Å². The number of hydrogen-bond acceptors (Lipinski definition) is 3. The Morgan fingerprint density at radius 3 is 2.45 bits per heavy atom. The Morgan fingerprint density at radius 2 is 1.85 bits per heavy atom. The lowest BCUT2D eigenvalue weighted by Crippen LogP contribution is -1.99. The number of benzene rings is 1. The van der Waals surface area contributed by atoms with Gasteiger partial charge in [-0.3, -0.25) is 9.59 Å². The van der Waals surface area contributed by atoms with E-state index in [1.54, 1.807) is 0 Å². The molecule has 0 unspecified atom stereocenters. The van der Waals surface area contributed by atoms with Crippen LogP contribution >= 0.6 is 23.4 Å². The molecule has 0 radical (unpaired) electrons. The molecule has 0 fully saturated rings. The smallest absolute Gasteiger partial charge is 0.255 e. The van der Waals surface area contributed by atoms with E-state index in [1.807, 2.05) is 0 Å². The molecule has 110 valence electrons. The predicted octanol–water partition coefficient (Wildman–Crippen LogP) is 4.93. The van der Waals surface area contributed by atoms with Crippen LogP contribution in [0.1, 0.15) is 49.4 Å². The second-order valence-corrected chi connectivity index (χ2v) is 5.76. The Kier molecular flexibility index (Phi) is 7.16. The fourth-order valence-corrected chi connectivity index (χ4v) is 2.60. The lowest BCUT2D eigenvalue weighted by Gasteiger charge is -2.05. The first kappa shape index (κ1) is 17.1. The molecule has 0 aliphatic rings. The van der Waals surface area contributed by atoms with Gasteiger partial charge in [-0.1, -0.05) is 26.2 Å². The van der Waals surface area contributed by atoms with E-state index in [-0.39, 0.29) is 10.0 Å². The van der Waals surface area contributed by atoms with Gasteiger partial charge < -0.3 is 0 Å². The molecule has 6 heteroatoms. The summed E-state index contributed by atoms with van der Waals surface area (Å²) in [5.74, 6) is -1.89. The highest BCUT2D eigenvalue weighted by molar-refractivity contribution is 8.13. The van der Waals surface area contributed by atoms with E-state index in [9.17, 15) is 18.4 Å². The number of carbonyl (C=O) groups is 2. The monoisotopic (exact) mass is 320 g/mol. The molecule has 0 N–H and O–H groups in total. The van der Waals surface area contributed by atoms with E-state index in [4.69, 9.17) is 11.6 Å². The van der Waals surface area contributed by atoms with Crippen LogP contribution in [0.2, 0.25) is 0 Å². The molecule has 0 spiro atoms. The van der Waals surface area contributed by atoms with Gasteiger partial charge in [0.05, 0.1) is 10.5 Å². The third-order valence-corrected chi connectivity index (χ3v) is 3.86. The number of unbranched alkanes of at least 4 members (excludes halogenated alkanes) is 3. The average molecular weight is 321 g/mol. The van der Waals surface area contributed by atoms with Gasteiger partial charge in [0.15, 0.2) is 5.12 Å². The van der Waals surface area contributed by atoms with Crippen LogP contribution in [-0.2, 0) is 4.79 Å². The van der Waals surface area contributed by atoms with Crippen molar-refractivity contribution in [2.45, 2.75) is 43.9 Å². The largest absolute Gasteiger partial charge is 0.287 e. The summed E-state index contributed by atoms with van der Waals surface area (Å²) >= 11 is 5.87. The molecule has 0 saturated carbocycles. The number of hydrogen-bond donors (Lipinski definition) is 0. The minimum Gasteiger partial charge on any atom is -0.287 e. The van der Waals surface area contributed by atoms with E-state index in [0.717, 1.165) is 31.7 Å². The normalized spacial score (nSPS) is 10.6. The van der Waals surface area contributed by atoms with Crippen molar-refractivity contribution < 1.29 is 18.4 Å². The first-order valence-corrected chi connectivity index (χ1v) is 7.54. The third kappa shape index (κ3) is 5.21. The number of rotatable bonds is 7. The highest BCUT2D eigenvalue weighted by Gasteiger charge is 2.17. The second-order valence-electron chi connectivity index (χ2n) is 4.32. The fourth-order valence-electron chi connectivity index (χ4n) is 1.63. The summed E-state index contributed by atoms with van der Waals surface area (Å²) < 4.78 is 26.8. The molecule has 0 amide bonds. The fraction of sp³-hybridized carbons (Fsp3) is 0.429. The van der Waals surface area contributed by atoms with Gasteiger partial charge in [-0.05, 0) is 35.9 Å². The van der Waals surface area contributed by atoms with Crippen LogP contribution in [0.25, 0.3) is 0 Å². The summed E-state index contributed by atoms with van der Waals surface area (Å²) in [6.45, 7) is 2.06. The van der Waals surface area contributed by atoms with Gasteiger partial charge in [-0.2, -0.15) is 0 Å². The first-order chi connectivity index (χ1) is 9.45. The number of carbonyl (C=O) groups excluding carboxylic acids is 2. The van der Waals surface area contributed by atoms with Crippen LogP contribution in [0.15, 0.2) is 17.0 Å². The Bertz CT molecular complexity index is 506. The Labute approximate surface area is 125 Å². The lowest BCUT2D eigenvalue weighted by atomic mass is 10.2. The Balaban J connectivity index is 2.69. The van der Waals surface area contributed by atoms with Gasteiger partial charge in [-0.25, -0.2) is 8.78 Å². The molecule has 20 heavy (non-hydrogen) atoms. The summed E-state index contributed by atoms with van der Waals surface area (Å²) in [6.07, 6.45) is 4.12. The van der Waals surface area contributed by atoms with Crippen molar-refractivity contribution in [3.05, 3.63) is 29.3 Å². The summed E-state index contributed by atoms with van der Waals surface area (Å²) in [5, 5.41) is -1.22. The zero-order valence-electron chi connectivity index (χ0n) is 11.0. The summed E-state index contributed by atoms with van der Waals surface area (Å²) in [4.78, 5) is 22.6. The molecule has 0 aliphatic heterocycles. The summed E-state index contributed by atoms with van der Waals surface area (Å²) in [5.41, 5.74) is -0.422. The van der Waals surface area contributed by atoms with E-state index in [2.05, 4.69) is 6.92 Å². The molecule has 1 rings (SSSR count). The molecular formula is C14H15ClF2O2S. The molecule has 0 atom stereocenters. The van der Waals surface area contributed by atoms with Crippen molar-refractivity contribution in [3.8, 4) is 0 Å². The van der Waals surface area contributed by atoms with Gasteiger partial charge in [0.25, 0.3) is 5.24 Å². The zero-order valence-corrected chi connectivity index (χ0v) is 12.6. The minimum atomic E-state index is -1.03. The van der Waals surface area contributed by atoms with Crippen molar-refractivity contribution in [2.75, 3.05) is 0 Å². The lowest BCUT2D eigenvalue weighted by molar-refractivity contribution is -0.111. The molecule has 0 bridgehead atoms. The van der Waals surface area contributed by atoms with Crippen molar-refractivity contribution in [3.63, 3.8) is 0 Å². The van der Waals surface area contributed by atoms with Crippen LogP contribution in [-0.4, -0.2) is 10.4 Å². The third-order valence-electron chi connectivity index (χ3n) is 2.69. The highest BCUT2D eigenvalue weighted by atomic mass is 35.5. The van der Waals surface area contributed by atoms with Gasteiger partial charge >= 0.3 is 0 Å². The van der Waals surface area contributed by atoms with Crippen LogP contribution in [0.3, 0.4) is 0 Å². The average Bonchev–Trinajstić information content (AvgIpc) is 2.37. The predicted molar refractivity (Wildman–Crippen MR) is 76.2 cm³/mol. The van der Waals surface area contributed by atoms with Gasteiger partial charge in [0.2, 0.25) is 0 Å². The summed E-state index contributed by atoms with van der Waals surface area (Å²) in [7, 11) is 0. The van der Waals surface area contributed by atoms with Crippen molar-refractivity contribution in [2.24, 2.45) is 0 Å². The van der Waals surface area contributed by atoms with Gasteiger partial charge in [-0.15, -0.1) is 0 Å². The summed E-state index contributed by atoms with van der Waals surface area (Å²) in [6, 6.07) is 1.55. The molecule has 1 aromatic carbocycles. The van der Waals surface area contributed by atoms with Crippen molar-refractivity contribution in [1.29, 1.82) is 0 Å². The first-order valence-electron chi connectivity index (χ1n) is 6.35. The zero-order chi connectivity index (χ0) is 15.1. The van der Waals surface area contributed by atoms with E-state index >= 15 is 0 Å². The molecule has 2 nitrogen and oxygen atoms in total. The van der Waals surface area contributed by atoms with Crippen LogP contribution in [0, 0.1) is 11.6 Å². The van der Waals surface area contributed by atoms with Crippen molar-refractivity contribution in [1.82, 2.24) is 0 Å². The van der Waals surface area contributed by atoms with Crippen LogP contribution in [0.4, 0.5) is 8.78 Å². The van der Waals surface area contributed by atoms with Gasteiger partial charge in [0.1, 0.15) is 11.6 Å². The van der Waals surface area contributed by atoms with Crippen molar-refractivity contribution >= 4 is 33.7 Å². The van der Waals surface area contributed by atoms with Crippen LogP contribution < -0.4 is 0 Å². The molecule has 1 aromatic rings. The maximum atomic E-state index is 13.5. The SMILES string of the molecule is CCCCCCC(=O)Sc1cc(C(=O)Cl)c(F)cc1F. The maximum Gasteiger partial charge on any atom is 0.255 e. The Morgan fingerprint density at radius 1 is 1.15 bits per heavy atom. The number of thioether (sulfide) groups is 1. The second kappa shape index (κ2) is 8.37. The van der Waals surface area contributed by atoms with Crippen LogP contribution in [0.5, 0.6) is 0 Å². The quantitative estimate of drug-likeness (QED) is 0.405. The number of halogens is 3. The highest BCUT2D eigenvalue weighted by Crippen LogP contribution is 2.27.